The molecule has 0 saturated carbocycles. The molecular formula is C21H23N3O3. The molecule has 0 aliphatic rings. The van der Waals surface area contributed by atoms with Crippen LogP contribution >= 0.6 is 0 Å². The Labute approximate surface area is 158 Å². The average Bonchev–Trinajstić information content (AvgIpc) is 3.12. The molecule has 1 aromatic heterocycles. The lowest BCUT2D eigenvalue weighted by Gasteiger charge is -2.07. The molecule has 0 bridgehead atoms. The summed E-state index contributed by atoms with van der Waals surface area (Å²) in [6.45, 7) is 0.579. The predicted octanol–water partition coefficient (Wildman–Crippen LogP) is 3.34. The minimum Gasteiger partial charge on any atom is -0.497 e. The van der Waals surface area contributed by atoms with Crippen molar-refractivity contribution in [3.8, 4) is 11.5 Å². The van der Waals surface area contributed by atoms with Gasteiger partial charge in [-0.25, -0.2) is 4.98 Å². The van der Waals surface area contributed by atoms with E-state index in [9.17, 15) is 4.79 Å². The van der Waals surface area contributed by atoms with Gasteiger partial charge in [-0.15, -0.1) is 0 Å². The fraction of sp³-hybridized carbons (Fsp3) is 0.238. The minimum absolute atomic E-state index is 0.149. The number of benzene rings is 2. The topological polar surface area (TPSA) is 76.2 Å². The van der Waals surface area contributed by atoms with Crippen molar-refractivity contribution in [2.24, 2.45) is 0 Å². The van der Waals surface area contributed by atoms with Crippen molar-refractivity contribution in [3.05, 3.63) is 59.9 Å². The van der Waals surface area contributed by atoms with Gasteiger partial charge in [-0.05, 0) is 42.8 Å². The first-order chi connectivity index (χ1) is 13.2. The van der Waals surface area contributed by atoms with E-state index in [1.165, 1.54) is 6.08 Å². The molecule has 0 spiro atoms. The predicted molar refractivity (Wildman–Crippen MR) is 106 cm³/mol. The first-order valence-corrected chi connectivity index (χ1v) is 8.81. The molecule has 6 nitrogen and oxygen atoms in total. The number of para-hydroxylation sites is 2. The maximum absolute atomic E-state index is 12.0. The third-order valence-electron chi connectivity index (χ3n) is 4.18. The van der Waals surface area contributed by atoms with Crippen LogP contribution in [-0.2, 0) is 11.2 Å². The molecule has 3 aromatic rings. The Hall–Kier alpha value is -3.28. The number of nitrogens with zero attached hydrogens (tertiary/aromatic N) is 1. The van der Waals surface area contributed by atoms with Crippen LogP contribution < -0.4 is 14.8 Å². The Morgan fingerprint density at radius 2 is 2.04 bits per heavy atom. The Balaban J connectivity index is 1.48. The molecule has 6 heteroatoms. The van der Waals surface area contributed by atoms with Crippen molar-refractivity contribution in [2.75, 3.05) is 20.8 Å². The van der Waals surface area contributed by atoms with Gasteiger partial charge in [0.2, 0.25) is 5.91 Å². The average molecular weight is 365 g/mol. The number of imidazole rings is 1. The second-order valence-electron chi connectivity index (χ2n) is 6.04. The van der Waals surface area contributed by atoms with Gasteiger partial charge in [-0.2, -0.15) is 0 Å². The number of hydrogen-bond donors (Lipinski definition) is 2. The summed E-state index contributed by atoms with van der Waals surface area (Å²) < 4.78 is 10.5. The van der Waals surface area contributed by atoms with Crippen molar-refractivity contribution in [1.82, 2.24) is 15.3 Å². The molecule has 0 saturated heterocycles. The molecule has 0 atom stereocenters. The number of aryl methyl sites for hydroxylation is 1. The normalized spacial score (nSPS) is 11.0. The smallest absolute Gasteiger partial charge is 0.244 e. The first kappa shape index (κ1) is 18.5. The van der Waals surface area contributed by atoms with Gasteiger partial charge < -0.3 is 19.8 Å². The maximum Gasteiger partial charge on any atom is 0.244 e. The van der Waals surface area contributed by atoms with E-state index >= 15 is 0 Å². The molecule has 0 radical (unpaired) electrons. The molecule has 140 valence electrons. The highest BCUT2D eigenvalue weighted by atomic mass is 16.5. The molecule has 0 aliphatic carbocycles. The number of aromatic nitrogens is 2. The molecule has 3 rings (SSSR count). The number of carbonyl (C=O) groups is 1. The fourth-order valence-corrected chi connectivity index (χ4v) is 2.79. The lowest BCUT2D eigenvalue weighted by Crippen LogP contribution is -2.22. The standard InChI is InChI=1S/C21H23N3O3/c1-26-16-10-11-19(27-2)15(14-16)9-12-21(25)22-13-5-8-20-23-17-6-3-4-7-18(17)24-20/h3-4,6-7,9-12,14H,5,8,13H2,1-2H3,(H,22,25)(H,23,24)/b12-9+. The monoisotopic (exact) mass is 365 g/mol. The van der Waals surface area contributed by atoms with Crippen LogP contribution in [0.15, 0.2) is 48.5 Å². The van der Waals surface area contributed by atoms with Crippen LogP contribution in [-0.4, -0.2) is 36.6 Å². The van der Waals surface area contributed by atoms with Crippen LogP contribution in [0.2, 0.25) is 0 Å². The van der Waals surface area contributed by atoms with Gasteiger partial charge in [-0.3, -0.25) is 4.79 Å². The highest BCUT2D eigenvalue weighted by Crippen LogP contribution is 2.24. The number of carbonyl (C=O) groups excluding carboxylic acids is 1. The molecule has 27 heavy (non-hydrogen) atoms. The molecule has 2 N–H and O–H groups in total. The molecule has 1 amide bonds. The first-order valence-electron chi connectivity index (χ1n) is 8.81. The highest BCUT2D eigenvalue weighted by molar-refractivity contribution is 5.92. The maximum atomic E-state index is 12.0. The zero-order chi connectivity index (χ0) is 19.1. The second-order valence-corrected chi connectivity index (χ2v) is 6.04. The molecule has 2 aromatic carbocycles. The minimum atomic E-state index is -0.149. The Kier molecular flexibility index (Phi) is 6.10. The zero-order valence-electron chi connectivity index (χ0n) is 15.5. The van der Waals surface area contributed by atoms with Crippen LogP contribution in [0, 0.1) is 0 Å². The molecule has 0 aliphatic heterocycles. The summed E-state index contributed by atoms with van der Waals surface area (Å²) in [7, 11) is 3.20. The van der Waals surface area contributed by atoms with E-state index in [1.807, 2.05) is 42.5 Å². The van der Waals surface area contributed by atoms with E-state index in [0.29, 0.717) is 18.0 Å². The number of fused-ring (bicyclic) bond motifs is 1. The summed E-state index contributed by atoms with van der Waals surface area (Å²) in [5, 5.41) is 2.88. The van der Waals surface area contributed by atoms with Crippen LogP contribution in [0.4, 0.5) is 0 Å². The van der Waals surface area contributed by atoms with Gasteiger partial charge in [0, 0.05) is 24.6 Å². The van der Waals surface area contributed by atoms with Gasteiger partial charge in [0.05, 0.1) is 25.3 Å². The van der Waals surface area contributed by atoms with Crippen LogP contribution in [0.25, 0.3) is 17.1 Å². The number of ether oxygens (including phenoxy) is 2. The van der Waals surface area contributed by atoms with Crippen molar-refractivity contribution >= 4 is 23.0 Å². The van der Waals surface area contributed by atoms with Gasteiger partial charge in [0.25, 0.3) is 0 Å². The van der Waals surface area contributed by atoms with Gasteiger partial charge >= 0.3 is 0 Å². The zero-order valence-corrected chi connectivity index (χ0v) is 15.5. The fourth-order valence-electron chi connectivity index (χ4n) is 2.79. The number of amides is 1. The second kappa shape index (κ2) is 8.89. The van der Waals surface area contributed by atoms with Gasteiger partial charge in [0.15, 0.2) is 0 Å². The van der Waals surface area contributed by atoms with E-state index < -0.39 is 0 Å². The number of aromatic amines is 1. The summed E-state index contributed by atoms with van der Waals surface area (Å²) in [5.41, 5.74) is 2.78. The van der Waals surface area contributed by atoms with Crippen LogP contribution in [0.1, 0.15) is 17.8 Å². The molecule has 0 unspecified atom stereocenters. The summed E-state index contributed by atoms with van der Waals surface area (Å²) >= 11 is 0. The molecular weight excluding hydrogens is 342 g/mol. The Bertz CT molecular complexity index is 914. The third-order valence-corrected chi connectivity index (χ3v) is 4.18. The number of H-pyrrole nitrogens is 1. The van der Waals surface area contributed by atoms with Crippen LogP contribution in [0.3, 0.4) is 0 Å². The number of nitrogens with one attached hydrogen (secondary N) is 2. The van der Waals surface area contributed by atoms with Crippen LogP contribution in [0.5, 0.6) is 11.5 Å². The van der Waals surface area contributed by atoms with Crippen molar-refractivity contribution < 1.29 is 14.3 Å². The SMILES string of the molecule is COc1ccc(OC)c(/C=C/C(=O)NCCCc2nc3ccccc3[nH]2)c1. The highest BCUT2D eigenvalue weighted by Gasteiger charge is 2.04. The summed E-state index contributed by atoms with van der Waals surface area (Å²) in [5.74, 6) is 2.18. The summed E-state index contributed by atoms with van der Waals surface area (Å²) in [6, 6.07) is 13.4. The van der Waals surface area contributed by atoms with E-state index in [-0.39, 0.29) is 5.91 Å². The van der Waals surface area contributed by atoms with Crippen molar-refractivity contribution in [1.29, 1.82) is 0 Å². The number of hydrogen-bond acceptors (Lipinski definition) is 4. The van der Waals surface area contributed by atoms with E-state index in [1.54, 1.807) is 20.3 Å². The van der Waals surface area contributed by atoms with E-state index in [4.69, 9.17) is 9.47 Å². The number of rotatable bonds is 8. The summed E-state index contributed by atoms with van der Waals surface area (Å²) in [4.78, 5) is 19.9. The quantitative estimate of drug-likeness (QED) is 0.474. The Morgan fingerprint density at radius 3 is 2.81 bits per heavy atom. The van der Waals surface area contributed by atoms with Crippen molar-refractivity contribution in [2.45, 2.75) is 12.8 Å². The van der Waals surface area contributed by atoms with Crippen molar-refractivity contribution in [3.63, 3.8) is 0 Å². The molecule has 0 fully saturated rings. The Morgan fingerprint density at radius 1 is 1.19 bits per heavy atom. The van der Waals surface area contributed by atoms with Gasteiger partial charge in [0.1, 0.15) is 17.3 Å². The van der Waals surface area contributed by atoms with E-state index in [2.05, 4.69) is 15.3 Å². The number of methoxy groups -OCH3 is 2. The van der Waals surface area contributed by atoms with E-state index in [0.717, 1.165) is 35.3 Å². The third kappa shape index (κ3) is 4.88. The lowest BCUT2D eigenvalue weighted by atomic mass is 10.1. The lowest BCUT2D eigenvalue weighted by molar-refractivity contribution is -0.116. The largest absolute Gasteiger partial charge is 0.497 e. The molecule has 1 heterocycles. The van der Waals surface area contributed by atoms with Gasteiger partial charge in [-0.1, -0.05) is 12.1 Å². The summed E-state index contributed by atoms with van der Waals surface area (Å²) in [6.07, 6.45) is 4.80.